The first-order valence-corrected chi connectivity index (χ1v) is 6.40. The fourth-order valence-electron chi connectivity index (χ4n) is 1.94. The molecular weight excluding hydrogens is 268 g/mol. The number of aliphatic carboxylic acids is 1. The van der Waals surface area contributed by atoms with Gasteiger partial charge in [0.2, 0.25) is 5.91 Å². The van der Waals surface area contributed by atoms with Crippen LogP contribution in [0.2, 0.25) is 0 Å². The van der Waals surface area contributed by atoms with Gasteiger partial charge in [-0.25, -0.2) is 8.78 Å². The summed E-state index contributed by atoms with van der Waals surface area (Å²) in [5.41, 5.74) is -0.461. The fourth-order valence-corrected chi connectivity index (χ4v) is 1.94. The maximum atomic E-state index is 13.8. The van der Waals surface area contributed by atoms with Crippen molar-refractivity contribution in [2.45, 2.75) is 19.8 Å². The minimum absolute atomic E-state index is 0.248. The summed E-state index contributed by atoms with van der Waals surface area (Å²) in [6.07, 6.45) is 1.35. The van der Waals surface area contributed by atoms with Gasteiger partial charge >= 0.3 is 5.97 Å². The van der Waals surface area contributed by atoms with Crippen molar-refractivity contribution in [2.75, 3.05) is 11.4 Å². The molecule has 0 saturated heterocycles. The molecule has 0 bridgehead atoms. The summed E-state index contributed by atoms with van der Waals surface area (Å²) < 4.78 is 27.6. The number of carbonyl (C=O) groups excluding carboxylic acids is 1. The molecule has 6 heteroatoms. The highest BCUT2D eigenvalue weighted by Crippen LogP contribution is 2.34. The third kappa shape index (κ3) is 2.95. The molecule has 1 aliphatic rings. The fraction of sp³-hybridized carbons (Fsp3) is 0.429. The summed E-state index contributed by atoms with van der Waals surface area (Å²) in [6.45, 7) is 1.15. The number of amides is 1. The molecule has 0 radical (unpaired) electrons. The summed E-state index contributed by atoms with van der Waals surface area (Å²) in [7, 11) is 0. The van der Waals surface area contributed by atoms with Gasteiger partial charge in [-0.1, -0.05) is 13.0 Å². The van der Waals surface area contributed by atoms with Crippen LogP contribution in [0.4, 0.5) is 14.5 Å². The molecule has 1 atom stereocenters. The molecule has 1 fully saturated rings. The topological polar surface area (TPSA) is 57.6 Å². The Morgan fingerprint density at radius 3 is 2.35 bits per heavy atom. The highest BCUT2D eigenvalue weighted by Gasteiger charge is 2.37. The van der Waals surface area contributed by atoms with Crippen molar-refractivity contribution in [3.8, 4) is 0 Å². The summed E-state index contributed by atoms with van der Waals surface area (Å²) in [5.74, 6) is -4.42. The molecule has 0 heterocycles. The predicted octanol–water partition coefficient (Wildman–Crippen LogP) is 2.43. The number of hydrogen-bond donors (Lipinski definition) is 1. The number of hydrogen-bond acceptors (Lipinski definition) is 2. The Morgan fingerprint density at radius 2 is 1.90 bits per heavy atom. The van der Waals surface area contributed by atoms with Gasteiger partial charge in [0.15, 0.2) is 0 Å². The van der Waals surface area contributed by atoms with E-state index < -0.39 is 35.1 Å². The Balaban J connectivity index is 2.35. The van der Waals surface area contributed by atoms with Crippen LogP contribution in [0.25, 0.3) is 0 Å². The van der Waals surface area contributed by atoms with Crippen LogP contribution < -0.4 is 4.90 Å². The quantitative estimate of drug-likeness (QED) is 0.903. The number of carboxylic acid groups (broad SMARTS) is 1. The van der Waals surface area contributed by atoms with Crippen LogP contribution >= 0.6 is 0 Å². The van der Waals surface area contributed by atoms with E-state index in [4.69, 9.17) is 5.11 Å². The van der Waals surface area contributed by atoms with E-state index >= 15 is 0 Å². The van der Waals surface area contributed by atoms with Crippen molar-refractivity contribution in [3.63, 3.8) is 0 Å². The zero-order valence-corrected chi connectivity index (χ0v) is 11.0. The highest BCUT2D eigenvalue weighted by molar-refractivity contribution is 5.97. The lowest BCUT2D eigenvalue weighted by Crippen LogP contribution is -2.39. The molecule has 1 aromatic carbocycles. The summed E-state index contributed by atoms with van der Waals surface area (Å²) >= 11 is 0. The van der Waals surface area contributed by atoms with Gasteiger partial charge in [0, 0.05) is 12.5 Å². The van der Waals surface area contributed by atoms with Crippen molar-refractivity contribution in [1.82, 2.24) is 0 Å². The van der Waals surface area contributed by atoms with Crippen LogP contribution in [0, 0.1) is 23.5 Å². The largest absolute Gasteiger partial charge is 0.481 e. The van der Waals surface area contributed by atoms with Gasteiger partial charge in [-0.2, -0.15) is 0 Å². The smallest absolute Gasteiger partial charge is 0.308 e. The molecule has 1 aliphatic carbocycles. The van der Waals surface area contributed by atoms with Crippen molar-refractivity contribution in [1.29, 1.82) is 0 Å². The number of halogens is 2. The Morgan fingerprint density at radius 1 is 1.35 bits per heavy atom. The molecule has 1 unspecified atom stereocenters. The second-order valence-electron chi connectivity index (χ2n) is 5.03. The van der Waals surface area contributed by atoms with Crippen LogP contribution in [-0.2, 0) is 9.59 Å². The lowest BCUT2D eigenvalue weighted by Gasteiger charge is -2.25. The molecule has 108 valence electrons. The second-order valence-corrected chi connectivity index (χ2v) is 5.03. The number of para-hydroxylation sites is 1. The van der Waals surface area contributed by atoms with Gasteiger partial charge in [-0.15, -0.1) is 0 Å². The Hall–Kier alpha value is -1.98. The number of carbonyl (C=O) groups is 2. The highest BCUT2D eigenvalue weighted by atomic mass is 19.1. The molecule has 2 rings (SSSR count). The molecule has 20 heavy (non-hydrogen) atoms. The van der Waals surface area contributed by atoms with Crippen LogP contribution in [-0.4, -0.2) is 23.5 Å². The molecule has 1 saturated carbocycles. The van der Waals surface area contributed by atoms with Gasteiger partial charge in [0.25, 0.3) is 0 Å². The Labute approximate surface area is 115 Å². The monoisotopic (exact) mass is 283 g/mol. The maximum Gasteiger partial charge on any atom is 0.308 e. The van der Waals surface area contributed by atoms with Crippen LogP contribution in [0.15, 0.2) is 18.2 Å². The molecule has 0 aromatic heterocycles. The number of carboxylic acids is 1. The number of anilines is 1. The SMILES string of the molecule is CC(CN(C(=O)C1CC1)c1c(F)cccc1F)C(=O)O. The van der Waals surface area contributed by atoms with E-state index in [1.54, 1.807) is 0 Å². The van der Waals surface area contributed by atoms with Crippen molar-refractivity contribution >= 4 is 17.6 Å². The number of benzene rings is 1. The molecular formula is C14H15F2NO3. The van der Waals surface area contributed by atoms with E-state index in [2.05, 4.69) is 0 Å². The Kier molecular flexibility index (Phi) is 4.01. The minimum Gasteiger partial charge on any atom is -0.481 e. The zero-order valence-electron chi connectivity index (χ0n) is 11.0. The first-order chi connectivity index (χ1) is 9.41. The van der Waals surface area contributed by atoms with Gasteiger partial charge in [-0.05, 0) is 25.0 Å². The van der Waals surface area contributed by atoms with Crippen molar-refractivity contribution < 1.29 is 23.5 Å². The third-order valence-electron chi connectivity index (χ3n) is 3.28. The van der Waals surface area contributed by atoms with E-state index in [1.165, 1.54) is 13.0 Å². The lowest BCUT2D eigenvalue weighted by atomic mass is 10.1. The number of nitrogens with zero attached hydrogens (tertiary/aromatic N) is 1. The third-order valence-corrected chi connectivity index (χ3v) is 3.28. The summed E-state index contributed by atoms with van der Waals surface area (Å²) in [4.78, 5) is 24.0. The summed E-state index contributed by atoms with van der Waals surface area (Å²) in [6, 6.07) is 3.31. The molecule has 1 N–H and O–H groups in total. The zero-order chi connectivity index (χ0) is 14.9. The van der Waals surface area contributed by atoms with Gasteiger partial charge < -0.3 is 10.0 Å². The predicted molar refractivity (Wildman–Crippen MR) is 68.2 cm³/mol. The van der Waals surface area contributed by atoms with E-state index in [-0.39, 0.29) is 12.5 Å². The molecule has 1 aromatic rings. The molecule has 0 aliphatic heterocycles. The van der Waals surface area contributed by atoms with Crippen molar-refractivity contribution in [3.05, 3.63) is 29.8 Å². The van der Waals surface area contributed by atoms with E-state index in [0.29, 0.717) is 12.8 Å². The minimum atomic E-state index is -1.12. The Bertz CT molecular complexity index is 523. The maximum absolute atomic E-state index is 13.8. The summed E-state index contributed by atoms with van der Waals surface area (Å²) in [5, 5.41) is 8.93. The van der Waals surface area contributed by atoms with E-state index in [9.17, 15) is 18.4 Å². The number of rotatable bonds is 5. The normalized spacial score (nSPS) is 15.8. The molecule has 0 spiro atoms. The van der Waals surface area contributed by atoms with Gasteiger partial charge in [0.1, 0.15) is 17.3 Å². The second kappa shape index (κ2) is 5.56. The van der Waals surface area contributed by atoms with Gasteiger partial charge in [0.05, 0.1) is 5.92 Å². The van der Waals surface area contributed by atoms with Crippen LogP contribution in [0.1, 0.15) is 19.8 Å². The molecule has 1 amide bonds. The molecule has 4 nitrogen and oxygen atoms in total. The van der Waals surface area contributed by atoms with Crippen LogP contribution in [0.3, 0.4) is 0 Å². The first-order valence-electron chi connectivity index (χ1n) is 6.40. The van der Waals surface area contributed by atoms with Crippen molar-refractivity contribution in [2.24, 2.45) is 11.8 Å². The average molecular weight is 283 g/mol. The van der Waals surface area contributed by atoms with E-state index in [0.717, 1.165) is 17.0 Å². The van der Waals surface area contributed by atoms with Gasteiger partial charge in [-0.3, -0.25) is 9.59 Å². The van der Waals surface area contributed by atoms with Crippen LogP contribution in [0.5, 0.6) is 0 Å². The standard InChI is InChI=1S/C14H15F2NO3/c1-8(14(19)20)7-17(13(18)9-5-6-9)12-10(15)3-2-4-11(12)16/h2-4,8-9H,5-7H2,1H3,(H,19,20). The first kappa shape index (κ1) is 14.4. The average Bonchev–Trinajstić information content (AvgIpc) is 3.20. The van der Waals surface area contributed by atoms with E-state index in [1.807, 2.05) is 0 Å². The lowest BCUT2D eigenvalue weighted by molar-refractivity contribution is -0.140.